The number of anilines is 1. The molecule has 2 heterocycles. The minimum atomic E-state index is -0.190. The number of nitrogens with one attached hydrogen (secondary N) is 3. The maximum Gasteiger partial charge on any atom is 0.319 e. The van der Waals surface area contributed by atoms with Gasteiger partial charge < -0.3 is 30.3 Å². The topological polar surface area (TPSA) is 87.2 Å². The first kappa shape index (κ1) is 24.3. The highest BCUT2D eigenvalue weighted by Crippen LogP contribution is 2.18. The van der Waals surface area contributed by atoms with Gasteiger partial charge in [-0.2, -0.15) is 0 Å². The third-order valence-corrected chi connectivity index (χ3v) is 5.83. The van der Waals surface area contributed by atoms with Crippen LogP contribution in [-0.4, -0.2) is 68.5 Å². The maximum atomic E-state index is 11.8. The minimum absolute atomic E-state index is 0.104. The van der Waals surface area contributed by atoms with E-state index in [-0.39, 0.29) is 18.2 Å². The molecule has 1 unspecified atom stereocenters. The average Bonchev–Trinajstić information content (AvgIpc) is 2.80. The van der Waals surface area contributed by atoms with Crippen LogP contribution in [0.2, 0.25) is 0 Å². The zero-order valence-electron chi connectivity index (χ0n) is 19.7. The Morgan fingerprint density at radius 2 is 1.94 bits per heavy atom. The summed E-state index contributed by atoms with van der Waals surface area (Å²) in [4.78, 5) is 18.6. The van der Waals surface area contributed by atoms with Crippen LogP contribution < -0.4 is 16.0 Å². The Morgan fingerprint density at radius 3 is 2.56 bits per heavy atom. The minimum Gasteiger partial charge on any atom is -0.376 e. The smallest absolute Gasteiger partial charge is 0.319 e. The van der Waals surface area contributed by atoms with Crippen LogP contribution in [-0.2, 0) is 16.0 Å². The van der Waals surface area contributed by atoms with Crippen molar-refractivity contribution in [3.63, 3.8) is 0 Å². The molecule has 2 amide bonds. The number of aliphatic imine (C=N–C) groups is 1. The molecule has 2 saturated heterocycles. The number of nitrogens with zero attached hydrogens (tertiary/aromatic N) is 2. The van der Waals surface area contributed by atoms with Crippen molar-refractivity contribution < 1.29 is 14.3 Å². The van der Waals surface area contributed by atoms with E-state index in [0.717, 1.165) is 62.8 Å². The molecule has 0 aromatic heterocycles. The molecule has 2 aliphatic heterocycles. The van der Waals surface area contributed by atoms with Crippen molar-refractivity contribution in [2.75, 3.05) is 38.7 Å². The van der Waals surface area contributed by atoms with Gasteiger partial charge in [-0.3, -0.25) is 4.99 Å². The number of likely N-dealkylation sites (tertiary alicyclic amines) is 1. The first-order chi connectivity index (χ1) is 15.5. The van der Waals surface area contributed by atoms with Crippen LogP contribution in [0.1, 0.15) is 51.5 Å². The van der Waals surface area contributed by atoms with E-state index in [1.807, 2.05) is 45.2 Å². The standard InChI is InChI=1S/C24H39N5O3/c1-18(2)27-24(30)28-20-9-7-19(8-10-20)16-26-23(25-3)29-13-11-21(12-14-29)32-17-22-6-4-5-15-31-22/h7-10,18,21-22H,4-6,11-17H2,1-3H3,(H,25,26)(H2,27,28,30). The predicted molar refractivity (Wildman–Crippen MR) is 128 cm³/mol. The van der Waals surface area contributed by atoms with Crippen molar-refractivity contribution in [1.82, 2.24) is 15.5 Å². The molecule has 3 N–H and O–H groups in total. The molecular formula is C24H39N5O3. The highest BCUT2D eigenvalue weighted by molar-refractivity contribution is 5.89. The van der Waals surface area contributed by atoms with Crippen molar-refractivity contribution in [1.29, 1.82) is 0 Å². The lowest BCUT2D eigenvalue weighted by Gasteiger charge is -2.35. The summed E-state index contributed by atoms with van der Waals surface area (Å²) in [5.41, 5.74) is 1.91. The van der Waals surface area contributed by atoms with E-state index in [1.165, 1.54) is 12.8 Å². The summed E-state index contributed by atoms with van der Waals surface area (Å²) >= 11 is 0. The lowest BCUT2D eigenvalue weighted by Crippen LogP contribution is -2.47. The molecule has 1 aromatic rings. The van der Waals surface area contributed by atoms with Gasteiger partial charge >= 0.3 is 6.03 Å². The Bertz CT molecular complexity index is 724. The van der Waals surface area contributed by atoms with Gasteiger partial charge in [0.2, 0.25) is 0 Å². The monoisotopic (exact) mass is 445 g/mol. The molecule has 32 heavy (non-hydrogen) atoms. The van der Waals surface area contributed by atoms with Gasteiger partial charge in [0.05, 0.1) is 18.8 Å². The molecule has 0 radical (unpaired) electrons. The van der Waals surface area contributed by atoms with Crippen LogP contribution in [0, 0.1) is 0 Å². The van der Waals surface area contributed by atoms with Crippen LogP contribution in [0.3, 0.4) is 0 Å². The number of hydrogen-bond acceptors (Lipinski definition) is 4. The summed E-state index contributed by atoms with van der Waals surface area (Å²) < 4.78 is 11.9. The second-order valence-corrected chi connectivity index (χ2v) is 8.86. The third kappa shape index (κ3) is 7.98. The van der Waals surface area contributed by atoms with E-state index >= 15 is 0 Å². The Labute approximate surface area is 192 Å². The third-order valence-electron chi connectivity index (χ3n) is 5.83. The Hall–Kier alpha value is -2.32. The lowest BCUT2D eigenvalue weighted by atomic mass is 10.1. The number of piperidine rings is 1. The van der Waals surface area contributed by atoms with Gasteiger partial charge in [-0.15, -0.1) is 0 Å². The fourth-order valence-corrected chi connectivity index (χ4v) is 4.07. The molecule has 3 rings (SSSR count). The Kier molecular flexibility index (Phi) is 9.62. The van der Waals surface area contributed by atoms with E-state index in [2.05, 4.69) is 25.8 Å². The number of carbonyl (C=O) groups is 1. The number of ether oxygens (including phenoxy) is 2. The molecule has 0 aliphatic carbocycles. The summed E-state index contributed by atoms with van der Waals surface area (Å²) in [5.74, 6) is 0.914. The molecule has 2 fully saturated rings. The summed E-state index contributed by atoms with van der Waals surface area (Å²) in [6, 6.07) is 7.77. The van der Waals surface area contributed by atoms with Crippen LogP contribution in [0.5, 0.6) is 0 Å². The van der Waals surface area contributed by atoms with Crippen molar-refractivity contribution in [2.24, 2.45) is 4.99 Å². The summed E-state index contributed by atoms with van der Waals surface area (Å²) in [5, 5.41) is 9.12. The summed E-state index contributed by atoms with van der Waals surface area (Å²) in [7, 11) is 1.83. The fourth-order valence-electron chi connectivity index (χ4n) is 4.07. The summed E-state index contributed by atoms with van der Waals surface area (Å²) in [6.07, 6.45) is 6.15. The first-order valence-corrected chi connectivity index (χ1v) is 11.9. The zero-order chi connectivity index (χ0) is 22.8. The molecule has 0 saturated carbocycles. The second kappa shape index (κ2) is 12.6. The van der Waals surface area contributed by atoms with E-state index in [1.54, 1.807) is 0 Å². The van der Waals surface area contributed by atoms with Gasteiger partial charge in [-0.25, -0.2) is 4.79 Å². The van der Waals surface area contributed by atoms with Crippen LogP contribution in [0.15, 0.2) is 29.3 Å². The van der Waals surface area contributed by atoms with Gasteiger partial charge in [0, 0.05) is 45.0 Å². The molecule has 1 atom stereocenters. The van der Waals surface area contributed by atoms with Gasteiger partial charge in [0.1, 0.15) is 0 Å². The van der Waals surface area contributed by atoms with Crippen molar-refractivity contribution >= 4 is 17.7 Å². The number of hydrogen-bond donors (Lipinski definition) is 3. The molecular weight excluding hydrogens is 406 g/mol. The predicted octanol–water partition coefficient (Wildman–Crippen LogP) is 3.34. The van der Waals surface area contributed by atoms with E-state index in [0.29, 0.717) is 12.6 Å². The second-order valence-electron chi connectivity index (χ2n) is 8.86. The molecule has 0 bridgehead atoms. The lowest BCUT2D eigenvalue weighted by molar-refractivity contribution is -0.0721. The van der Waals surface area contributed by atoms with Gasteiger partial charge in [-0.05, 0) is 63.6 Å². The number of guanidine groups is 1. The molecule has 178 valence electrons. The zero-order valence-corrected chi connectivity index (χ0v) is 19.7. The van der Waals surface area contributed by atoms with Crippen molar-refractivity contribution in [3.8, 4) is 0 Å². The van der Waals surface area contributed by atoms with Gasteiger partial charge in [0.15, 0.2) is 5.96 Å². The van der Waals surface area contributed by atoms with Crippen molar-refractivity contribution in [3.05, 3.63) is 29.8 Å². The first-order valence-electron chi connectivity index (χ1n) is 11.9. The van der Waals surface area contributed by atoms with Gasteiger partial charge in [0.25, 0.3) is 0 Å². The Balaban J connectivity index is 1.38. The molecule has 8 heteroatoms. The number of urea groups is 1. The fraction of sp³-hybridized carbons (Fsp3) is 0.667. The SMILES string of the molecule is CN=C(NCc1ccc(NC(=O)NC(C)C)cc1)N1CCC(OCC2CCCCO2)CC1. The number of amides is 2. The molecule has 8 nitrogen and oxygen atoms in total. The average molecular weight is 446 g/mol. The van der Waals surface area contributed by atoms with Crippen LogP contribution in [0.25, 0.3) is 0 Å². The molecule has 1 aromatic carbocycles. The van der Waals surface area contributed by atoms with Crippen LogP contribution >= 0.6 is 0 Å². The Morgan fingerprint density at radius 1 is 1.19 bits per heavy atom. The van der Waals surface area contributed by atoms with Crippen molar-refractivity contribution in [2.45, 2.75) is 70.7 Å². The summed E-state index contributed by atoms with van der Waals surface area (Å²) in [6.45, 7) is 8.02. The van der Waals surface area contributed by atoms with E-state index in [4.69, 9.17) is 9.47 Å². The highest BCUT2D eigenvalue weighted by Gasteiger charge is 2.23. The normalized spacial score (nSPS) is 20.3. The molecule has 0 spiro atoms. The van der Waals surface area contributed by atoms with E-state index in [9.17, 15) is 4.79 Å². The number of benzene rings is 1. The number of rotatable bonds is 7. The highest BCUT2D eigenvalue weighted by atomic mass is 16.5. The molecule has 2 aliphatic rings. The number of carbonyl (C=O) groups excluding carboxylic acids is 1. The maximum absolute atomic E-state index is 11.8. The van der Waals surface area contributed by atoms with Gasteiger partial charge in [-0.1, -0.05) is 12.1 Å². The van der Waals surface area contributed by atoms with E-state index < -0.39 is 0 Å². The van der Waals surface area contributed by atoms with Crippen LogP contribution in [0.4, 0.5) is 10.5 Å². The largest absolute Gasteiger partial charge is 0.376 e. The quantitative estimate of drug-likeness (QED) is 0.443.